The summed E-state index contributed by atoms with van der Waals surface area (Å²) < 4.78 is 0. The number of hydrogen-bond acceptors (Lipinski definition) is 4. The Kier molecular flexibility index (Phi) is 4.22. The highest BCUT2D eigenvalue weighted by atomic mass is 16.3. The standard InChI is InChI=1S/C19H27N3O2/c23-17-9-5-4-8-16(17)21-12-10-19(11-13-21)18(24)20-14-22(19)15-6-2-1-3-7-15/h1-3,6-7,16-17,23H,4-5,8-14H2,(H,20,24)/t16-,17-/m0/s1. The van der Waals surface area contributed by atoms with Gasteiger partial charge in [0.2, 0.25) is 5.91 Å². The monoisotopic (exact) mass is 329 g/mol. The molecule has 0 bridgehead atoms. The number of amides is 1. The summed E-state index contributed by atoms with van der Waals surface area (Å²) >= 11 is 0. The van der Waals surface area contributed by atoms with Crippen LogP contribution in [0.2, 0.25) is 0 Å². The van der Waals surface area contributed by atoms with Crippen LogP contribution in [-0.4, -0.2) is 53.4 Å². The van der Waals surface area contributed by atoms with Gasteiger partial charge in [-0.25, -0.2) is 0 Å². The van der Waals surface area contributed by atoms with Gasteiger partial charge in [0.25, 0.3) is 0 Å². The molecule has 1 aliphatic carbocycles. The van der Waals surface area contributed by atoms with Crippen LogP contribution in [0.15, 0.2) is 30.3 Å². The molecule has 1 aromatic carbocycles. The lowest BCUT2D eigenvalue weighted by molar-refractivity contribution is -0.125. The predicted molar refractivity (Wildman–Crippen MR) is 93.7 cm³/mol. The Balaban J connectivity index is 1.50. The molecule has 24 heavy (non-hydrogen) atoms. The van der Waals surface area contributed by atoms with Crippen molar-refractivity contribution >= 4 is 11.6 Å². The molecule has 5 heteroatoms. The third-order valence-electron chi connectivity index (χ3n) is 6.19. The number of likely N-dealkylation sites (tertiary alicyclic amines) is 1. The van der Waals surface area contributed by atoms with Crippen molar-refractivity contribution in [3.8, 4) is 0 Å². The number of nitrogens with one attached hydrogen (secondary N) is 1. The van der Waals surface area contributed by atoms with E-state index in [9.17, 15) is 9.90 Å². The summed E-state index contributed by atoms with van der Waals surface area (Å²) in [6, 6.07) is 10.5. The number of carbonyl (C=O) groups excluding carboxylic acids is 1. The molecule has 3 aliphatic rings. The van der Waals surface area contributed by atoms with E-state index in [0.29, 0.717) is 6.67 Å². The lowest BCUT2D eigenvalue weighted by atomic mass is 9.83. The molecule has 4 rings (SSSR count). The van der Waals surface area contributed by atoms with Crippen LogP contribution in [0.4, 0.5) is 5.69 Å². The van der Waals surface area contributed by atoms with E-state index in [2.05, 4.69) is 27.2 Å². The first-order valence-electron chi connectivity index (χ1n) is 9.24. The molecule has 5 nitrogen and oxygen atoms in total. The predicted octanol–water partition coefficient (Wildman–Crippen LogP) is 1.72. The Morgan fingerprint density at radius 2 is 1.79 bits per heavy atom. The normalized spacial score (nSPS) is 30.5. The molecule has 2 saturated heterocycles. The summed E-state index contributed by atoms with van der Waals surface area (Å²) in [5.41, 5.74) is 0.694. The van der Waals surface area contributed by atoms with E-state index in [1.807, 2.05) is 18.2 Å². The second kappa shape index (κ2) is 6.37. The third kappa shape index (κ3) is 2.60. The van der Waals surface area contributed by atoms with Crippen molar-refractivity contribution in [3.05, 3.63) is 30.3 Å². The van der Waals surface area contributed by atoms with E-state index in [1.165, 1.54) is 6.42 Å². The van der Waals surface area contributed by atoms with Gasteiger partial charge in [0.1, 0.15) is 5.54 Å². The highest BCUT2D eigenvalue weighted by molar-refractivity contribution is 5.93. The van der Waals surface area contributed by atoms with Crippen LogP contribution in [0.3, 0.4) is 0 Å². The van der Waals surface area contributed by atoms with E-state index in [4.69, 9.17) is 0 Å². The van der Waals surface area contributed by atoms with E-state index in [-0.39, 0.29) is 18.1 Å². The van der Waals surface area contributed by atoms with Crippen LogP contribution in [-0.2, 0) is 4.79 Å². The molecular weight excluding hydrogens is 302 g/mol. The molecule has 130 valence electrons. The zero-order chi connectivity index (χ0) is 16.6. The summed E-state index contributed by atoms with van der Waals surface area (Å²) in [6.45, 7) is 2.37. The number of piperidine rings is 1. The maximum Gasteiger partial charge on any atom is 0.247 e. The average Bonchev–Trinajstić information content (AvgIpc) is 2.93. The fraction of sp³-hybridized carbons (Fsp3) is 0.632. The molecular formula is C19H27N3O2. The lowest BCUT2D eigenvalue weighted by Gasteiger charge is -2.47. The minimum atomic E-state index is -0.419. The first kappa shape index (κ1) is 15.9. The Hall–Kier alpha value is -1.59. The number of anilines is 1. The second-order valence-corrected chi connectivity index (χ2v) is 7.41. The molecule has 1 saturated carbocycles. The number of aliphatic hydroxyl groups is 1. The topological polar surface area (TPSA) is 55.8 Å². The van der Waals surface area contributed by atoms with Crippen molar-refractivity contribution in [3.63, 3.8) is 0 Å². The molecule has 2 N–H and O–H groups in total. The molecule has 0 radical (unpaired) electrons. The van der Waals surface area contributed by atoms with Gasteiger partial charge in [0.05, 0.1) is 12.8 Å². The Morgan fingerprint density at radius 1 is 1.08 bits per heavy atom. The smallest absolute Gasteiger partial charge is 0.247 e. The molecule has 3 fully saturated rings. The highest BCUT2D eigenvalue weighted by Crippen LogP contribution is 2.37. The summed E-state index contributed by atoms with van der Waals surface area (Å²) in [4.78, 5) is 17.3. The zero-order valence-corrected chi connectivity index (χ0v) is 14.2. The third-order valence-corrected chi connectivity index (χ3v) is 6.19. The Morgan fingerprint density at radius 3 is 2.50 bits per heavy atom. The van der Waals surface area contributed by atoms with Crippen LogP contribution in [0.1, 0.15) is 38.5 Å². The summed E-state index contributed by atoms with van der Waals surface area (Å²) in [5, 5.41) is 13.4. The SMILES string of the molecule is O=C1NCN(c2ccccc2)C12CCN([C@H]1CCCC[C@@H]1O)CC2. The largest absolute Gasteiger partial charge is 0.391 e. The van der Waals surface area contributed by atoms with Crippen molar-refractivity contribution in [2.24, 2.45) is 0 Å². The van der Waals surface area contributed by atoms with E-state index in [0.717, 1.165) is 50.9 Å². The number of rotatable bonds is 2. The molecule has 1 amide bonds. The van der Waals surface area contributed by atoms with Gasteiger partial charge in [-0.1, -0.05) is 31.0 Å². The number of para-hydroxylation sites is 1. The van der Waals surface area contributed by atoms with E-state index >= 15 is 0 Å². The zero-order valence-electron chi connectivity index (χ0n) is 14.2. The quantitative estimate of drug-likeness (QED) is 0.867. The van der Waals surface area contributed by atoms with Gasteiger partial charge in [-0.15, -0.1) is 0 Å². The lowest BCUT2D eigenvalue weighted by Crippen LogP contribution is -2.59. The maximum absolute atomic E-state index is 12.7. The van der Waals surface area contributed by atoms with Crippen LogP contribution in [0.25, 0.3) is 0 Å². The molecule has 0 unspecified atom stereocenters. The maximum atomic E-state index is 12.7. The Bertz CT molecular complexity index is 584. The number of aliphatic hydroxyl groups excluding tert-OH is 1. The average molecular weight is 329 g/mol. The van der Waals surface area contributed by atoms with Crippen molar-refractivity contribution in [1.29, 1.82) is 0 Å². The first-order valence-corrected chi connectivity index (χ1v) is 9.24. The summed E-state index contributed by atoms with van der Waals surface area (Å²) in [7, 11) is 0. The molecule has 1 spiro atoms. The number of nitrogens with zero attached hydrogens (tertiary/aromatic N) is 2. The minimum absolute atomic E-state index is 0.162. The van der Waals surface area contributed by atoms with Crippen LogP contribution >= 0.6 is 0 Å². The molecule has 1 aromatic rings. The van der Waals surface area contributed by atoms with Crippen molar-refractivity contribution in [2.75, 3.05) is 24.7 Å². The van der Waals surface area contributed by atoms with Gasteiger partial charge in [0, 0.05) is 24.8 Å². The highest BCUT2D eigenvalue weighted by Gasteiger charge is 2.51. The summed E-state index contributed by atoms with van der Waals surface area (Å²) in [6.07, 6.45) is 5.81. The minimum Gasteiger partial charge on any atom is -0.391 e. The fourth-order valence-electron chi connectivity index (χ4n) is 4.78. The van der Waals surface area contributed by atoms with E-state index in [1.54, 1.807) is 0 Å². The molecule has 0 aromatic heterocycles. The molecule has 2 atom stereocenters. The first-order chi connectivity index (χ1) is 11.7. The number of hydrogen-bond donors (Lipinski definition) is 2. The second-order valence-electron chi connectivity index (χ2n) is 7.41. The van der Waals surface area contributed by atoms with Gasteiger partial charge >= 0.3 is 0 Å². The van der Waals surface area contributed by atoms with Crippen LogP contribution < -0.4 is 10.2 Å². The molecule has 2 aliphatic heterocycles. The van der Waals surface area contributed by atoms with Gasteiger partial charge in [-0.05, 0) is 37.8 Å². The fourth-order valence-corrected chi connectivity index (χ4v) is 4.78. The van der Waals surface area contributed by atoms with Gasteiger partial charge in [0.15, 0.2) is 0 Å². The van der Waals surface area contributed by atoms with Crippen molar-refractivity contribution < 1.29 is 9.90 Å². The Labute approximate surface area is 143 Å². The van der Waals surface area contributed by atoms with Crippen molar-refractivity contribution in [2.45, 2.75) is 56.2 Å². The summed E-state index contributed by atoms with van der Waals surface area (Å²) in [5.74, 6) is 0.162. The number of benzene rings is 1. The van der Waals surface area contributed by atoms with Crippen LogP contribution in [0, 0.1) is 0 Å². The van der Waals surface area contributed by atoms with E-state index < -0.39 is 5.54 Å². The van der Waals surface area contributed by atoms with Crippen molar-refractivity contribution in [1.82, 2.24) is 10.2 Å². The number of carbonyl (C=O) groups is 1. The van der Waals surface area contributed by atoms with Gasteiger partial charge in [-0.3, -0.25) is 9.69 Å². The van der Waals surface area contributed by atoms with Crippen LogP contribution in [0.5, 0.6) is 0 Å². The molecule has 2 heterocycles. The van der Waals surface area contributed by atoms with Gasteiger partial charge in [-0.2, -0.15) is 0 Å². The van der Waals surface area contributed by atoms with Gasteiger partial charge < -0.3 is 15.3 Å².